The molecule has 0 radical (unpaired) electrons. The third kappa shape index (κ3) is 3.96. The molecule has 1 saturated heterocycles. The van der Waals surface area contributed by atoms with E-state index in [4.69, 9.17) is 0 Å². The van der Waals surface area contributed by atoms with Gasteiger partial charge in [-0.05, 0) is 48.4 Å². The zero-order valence-corrected chi connectivity index (χ0v) is 15.3. The highest BCUT2D eigenvalue weighted by Gasteiger charge is 2.29. The van der Waals surface area contributed by atoms with Gasteiger partial charge in [0.1, 0.15) is 0 Å². The van der Waals surface area contributed by atoms with E-state index < -0.39 is 0 Å². The van der Waals surface area contributed by atoms with E-state index >= 15 is 0 Å². The SMILES string of the molecule is O=C([C@@H]1CCc2ccccc2C1)N1CCCN(Cc2cccnc2)CC1. The van der Waals surface area contributed by atoms with E-state index in [0.29, 0.717) is 5.91 Å². The Morgan fingerprint density at radius 1 is 1.04 bits per heavy atom. The molecular weight excluding hydrogens is 322 g/mol. The number of amides is 1. The number of aryl methyl sites for hydroxylation is 1. The molecule has 1 fully saturated rings. The van der Waals surface area contributed by atoms with Crippen LogP contribution in [0.2, 0.25) is 0 Å². The van der Waals surface area contributed by atoms with Crippen LogP contribution in [0.3, 0.4) is 0 Å². The number of carbonyl (C=O) groups excluding carboxylic acids is 1. The number of fused-ring (bicyclic) bond motifs is 1. The number of aromatic nitrogens is 1. The molecule has 2 heterocycles. The van der Waals surface area contributed by atoms with Gasteiger partial charge in [0.15, 0.2) is 0 Å². The summed E-state index contributed by atoms with van der Waals surface area (Å²) >= 11 is 0. The molecule has 0 N–H and O–H groups in total. The van der Waals surface area contributed by atoms with Gasteiger partial charge in [-0.25, -0.2) is 0 Å². The maximum absolute atomic E-state index is 13.1. The summed E-state index contributed by atoms with van der Waals surface area (Å²) < 4.78 is 0. The maximum atomic E-state index is 13.1. The van der Waals surface area contributed by atoms with Crippen LogP contribution in [0.25, 0.3) is 0 Å². The molecule has 0 spiro atoms. The van der Waals surface area contributed by atoms with E-state index in [0.717, 1.165) is 58.4 Å². The van der Waals surface area contributed by atoms with Crippen LogP contribution in [-0.4, -0.2) is 46.9 Å². The van der Waals surface area contributed by atoms with Crippen LogP contribution in [0.5, 0.6) is 0 Å². The van der Waals surface area contributed by atoms with Crippen LogP contribution in [0.4, 0.5) is 0 Å². The Labute approximate surface area is 155 Å². The highest BCUT2D eigenvalue weighted by molar-refractivity contribution is 5.79. The predicted molar refractivity (Wildman–Crippen MR) is 103 cm³/mol. The largest absolute Gasteiger partial charge is 0.341 e. The zero-order chi connectivity index (χ0) is 17.8. The quantitative estimate of drug-likeness (QED) is 0.855. The molecule has 4 rings (SSSR count). The average molecular weight is 349 g/mol. The van der Waals surface area contributed by atoms with Gasteiger partial charge >= 0.3 is 0 Å². The van der Waals surface area contributed by atoms with Crippen molar-refractivity contribution in [1.82, 2.24) is 14.8 Å². The molecule has 0 bridgehead atoms. The van der Waals surface area contributed by atoms with Gasteiger partial charge in [-0.3, -0.25) is 14.7 Å². The Morgan fingerprint density at radius 2 is 1.92 bits per heavy atom. The van der Waals surface area contributed by atoms with Crippen molar-refractivity contribution in [3.63, 3.8) is 0 Å². The summed E-state index contributed by atoms with van der Waals surface area (Å²) in [6.07, 6.45) is 7.74. The van der Waals surface area contributed by atoms with Crippen molar-refractivity contribution >= 4 is 5.91 Å². The minimum Gasteiger partial charge on any atom is -0.341 e. The van der Waals surface area contributed by atoms with Crippen LogP contribution in [0.15, 0.2) is 48.8 Å². The summed E-state index contributed by atoms with van der Waals surface area (Å²) in [5.74, 6) is 0.525. The first-order valence-electron chi connectivity index (χ1n) is 9.76. The summed E-state index contributed by atoms with van der Waals surface area (Å²) in [5, 5.41) is 0. The molecule has 0 saturated carbocycles. The third-order valence-electron chi connectivity index (χ3n) is 5.73. The molecule has 4 heteroatoms. The van der Waals surface area contributed by atoms with Gasteiger partial charge in [0.25, 0.3) is 0 Å². The Morgan fingerprint density at radius 3 is 2.77 bits per heavy atom. The van der Waals surface area contributed by atoms with Gasteiger partial charge in [-0.2, -0.15) is 0 Å². The van der Waals surface area contributed by atoms with E-state index in [1.807, 2.05) is 18.5 Å². The minimum atomic E-state index is 0.162. The highest BCUT2D eigenvalue weighted by atomic mass is 16.2. The summed E-state index contributed by atoms with van der Waals surface area (Å²) in [7, 11) is 0. The molecule has 1 aliphatic heterocycles. The molecule has 2 aliphatic rings. The summed E-state index contributed by atoms with van der Waals surface area (Å²) in [4.78, 5) is 21.8. The molecule has 1 aliphatic carbocycles. The first kappa shape index (κ1) is 17.2. The van der Waals surface area contributed by atoms with Gasteiger partial charge in [-0.15, -0.1) is 0 Å². The lowest BCUT2D eigenvalue weighted by atomic mass is 9.83. The normalized spacial score (nSPS) is 21.1. The highest BCUT2D eigenvalue weighted by Crippen LogP contribution is 2.27. The van der Waals surface area contributed by atoms with Gasteiger partial charge in [0.05, 0.1) is 0 Å². The molecular formula is C22H27N3O. The van der Waals surface area contributed by atoms with Crippen LogP contribution in [0.1, 0.15) is 29.5 Å². The molecule has 1 amide bonds. The van der Waals surface area contributed by atoms with Gasteiger partial charge in [0.2, 0.25) is 5.91 Å². The van der Waals surface area contributed by atoms with E-state index in [1.54, 1.807) is 0 Å². The van der Waals surface area contributed by atoms with E-state index in [9.17, 15) is 4.79 Å². The molecule has 0 unspecified atom stereocenters. The van der Waals surface area contributed by atoms with E-state index in [2.05, 4.69) is 45.1 Å². The number of pyridine rings is 1. The maximum Gasteiger partial charge on any atom is 0.226 e. The first-order valence-corrected chi connectivity index (χ1v) is 9.76. The van der Waals surface area contributed by atoms with Gasteiger partial charge in [0, 0.05) is 51.0 Å². The monoisotopic (exact) mass is 349 g/mol. The van der Waals surface area contributed by atoms with Crippen molar-refractivity contribution in [2.24, 2.45) is 5.92 Å². The van der Waals surface area contributed by atoms with Crippen molar-refractivity contribution in [2.75, 3.05) is 26.2 Å². The molecule has 1 atom stereocenters. The second-order valence-electron chi connectivity index (χ2n) is 7.52. The lowest BCUT2D eigenvalue weighted by Gasteiger charge is -2.29. The lowest BCUT2D eigenvalue weighted by molar-refractivity contribution is -0.135. The minimum absolute atomic E-state index is 0.162. The van der Waals surface area contributed by atoms with E-state index in [1.165, 1.54) is 16.7 Å². The molecule has 136 valence electrons. The molecule has 1 aromatic heterocycles. The van der Waals surface area contributed by atoms with Crippen LogP contribution >= 0.6 is 0 Å². The Kier molecular flexibility index (Phi) is 5.30. The number of carbonyl (C=O) groups is 1. The van der Waals surface area contributed by atoms with Crippen molar-refractivity contribution in [3.8, 4) is 0 Å². The lowest BCUT2D eigenvalue weighted by Crippen LogP contribution is -2.40. The Hall–Kier alpha value is -2.20. The van der Waals surface area contributed by atoms with E-state index in [-0.39, 0.29) is 5.92 Å². The van der Waals surface area contributed by atoms with Crippen LogP contribution < -0.4 is 0 Å². The van der Waals surface area contributed by atoms with Crippen LogP contribution in [0, 0.1) is 5.92 Å². The number of hydrogen-bond donors (Lipinski definition) is 0. The van der Waals surface area contributed by atoms with Crippen molar-refractivity contribution < 1.29 is 4.79 Å². The van der Waals surface area contributed by atoms with Crippen LogP contribution in [-0.2, 0) is 24.2 Å². The summed E-state index contributed by atoms with van der Waals surface area (Å²) in [6.45, 7) is 4.65. The second kappa shape index (κ2) is 8.00. The molecule has 26 heavy (non-hydrogen) atoms. The first-order chi connectivity index (χ1) is 12.8. The Bertz CT molecular complexity index is 746. The second-order valence-corrected chi connectivity index (χ2v) is 7.52. The molecule has 2 aromatic rings. The molecule has 4 nitrogen and oxygen atoms in total. The Balaban J connectivity index is 1.35. The molecule has 1 aromatic carbocycles. The van der Waals surface area contributed by atoms with Crippen molar-refractivity contribution in [2.45, 2.75) is 32.2 Å². The fraction of sp³-hybridized carbons (Fsp3) is 0.455. The zero-order valence-electron chi connectivity index (χ0n) is 15.3. The summed E-state index contributed by atoms with van der Waals surface area (Å²) in [6, 6.07) is 12.7. The van der Waals surface area contributed by atoms with Gasteiger partial charge < -0.3 is 4.90 Å². The number of hydrogen-bond acceptors (Lipinski definition) is 3. The van der Waals surface area contributed by atoms with Crippen molar-refractivity contribution in [1.29, 1.82) is 0 Å². The number of nitrogens with zero attached hydrogens (tertiary/aromatic N) is 3. The third-order valence-corrected chi connectivity index (χ3v) is 5.73. The fourth-order valence-corrected chi connectivity index (χ4v) is 4.27. The van der Waals surface area contributed by atoms with Gasteiger partial charge in [-0.1, -0.05) is 30.3 Å². The summed E-state index contributed by atoms with van der Waals surface area (Å²) in [5.41, 5.74) is 4.04. The smallest absolute Gasteiger partial charge is 0.226 e. The van der Waals surface area contributed by atoms with Crippen molar-refractivity contribution in [3.05, 3.63) is 65.5 Å². The topological polar surface area (TPSA) is 36.4 Å². The number of rotatable bonds is 3. The number of benzene rings is 1. The average Bonchev–Trinajstić information content (AvgIpc) is 2.93. The standard InChI is InChI=1S/C22H27N3O/c26-22(21-9-8-19-6-1-2-7-20(19)15-21)25-12-4-11-24(13-14-25)17-18-5-3-10-23-16-18/h1-3,5-7,10,16,21H,4,8-9,11-15,17H2/t21-/m1/s1. The predicted octanol–water partition coefficient (Wildman–Crippen LogP) is 2.92. The fourth-order valence-electron chi connectivity index (χ4n) is 4.27.